The fourth-order valence-electron chi connectivity index (χ4n) is 3.31. The van der Waals surface area contributed by atoms with Crippen LogP contribution in [0.2, 0.25) is 0 Å². The molecule has 0 saturated carbocycles. The summed E-state index contributed by atoms with van der Waals surface area (Å²) in [6.45, 7) is 4.09. The molecule has 3 rings (SSSR count). The molecule has 4 heteroatoms. The van der Waals surface area contributed by atoms with Crippen molar-refractivity contribution < 1.29 is 14.4 Å². The number of carbonyl (C=O) groups is 1. The Labute approximate surface area is 126 Å². The van der Waals surface area contributed by atoms with Crippen molar-refractivity contribution in [3.63, 3.8) is 0 Å². The van der Waals surface area contributed by atoms with E-state index in [9.17, 15) is 4.79 Å². The van der Waals surface area contributed by atoms with Crippen LogP contribution in [0.4, 0.5) is 0 Å². The molecule has 2 aliphatic heterocycles. The Bertz CT molecular complexity index is 449. The average Bonchev–Trinajstić information content (AvgIpc) is 3.05. The zero-order valence-electron chi connectivity index (χ0n) is 12.5. The third-order valence-electron chi connectivity index (χ3n) is 4.56. The number of amides is 1. The van der Waals surface area contributed by atoms with E-state index in [4.69, 9.17) is 4.74 Å². The molecule has 114 valence electrons. The number of piperidine rings is 1. The Morgan fingerprint density at radius 2 is 1.95 bits per heavy atom. The highest BCUT2D eigenvalue weighted by Crippen LogP contribution is 2.12. The molecule has 0 bridgehead atoms. The van der Waals surface area contributed by atoms with Crippen LogP contribution in [-0.2, 0) is 16.1 Å². The Morgan fingerprint density at radius 3 is 2.62 bits per heavy atom. The molecule has 1 atom stereocenters. The lowest BCUT2D eigenvalue weighted by molar-refractivity contribution is -0.918. The summed E-state index contributed by atoms with van der Waals surface area (Å²) in [5, 5.41) is 3.17. The first-order valence-electron chi connectivity index (χ1n) is 8.11. The van der Waals surface area contributed by atoms with Crippen molar-refractivity contribution in [2.75, 3.05) is 19.7 Å². The molecule has 1 amide bonds. The van der Waals surface area contributed by atoms with Crippen LogP contribution in [0.1, 0.15) is 31.2 Å². The van der Waals surface area contributed by atoms with E-state index < -0.39 is 0 Å². The summed E-state index contributed by atoms with van der Waals surface area (Å²) in [4.78, 5) is 13.7. The Hall–Kier alpha value is -1.39. The number of carbonyl (C=O) groups excluding carboxylic acids is 1. The van der Waals surface area contributed by atoms with Crippen molar-refractivity contribution in [3.8, 4) is 0 Å². The maximum atomic E-state index is 12.0. The Morgan fingerprint density at radius 1 is 1.19 bits per heavy atom. The number of benzene rings is 1. The van der Waals surface area contributed by atoms with Gasteiger partial charge >= 0.3 is 0 Å². The first kappa shape index (κ1) is 14.5. The maximum absolute atomic E-state index is 12.0. The van der Waals surface area contributed by atoms with Gasteiger partial charge in [-0.25, -0.2) is 0 Å². The molecule has 1 aromatic carbocycles. The van der Waals surface area contributed by atoms with Crippen molar-refractivity contribution in [1.29, 1.82) is 0 Å². The molecule has 2 heterocycles. The van der Waals surface area contributed by atoms with Crippen LogP contribution in [0.3, 0.4) is 0 Å². The number of hydrogen-bond acceptors (Lipinski definition) is 2. The minimum Gasteiger partial charge on any atom is -0.368 e. The van der Waals surface area contributed by atoms with E-state index in [0.717, 1.165) is 51.9 Å². The second-order valence-electron chi connectivity index (χ2n) is 6.20. The van der Waals surface area contributed by atoms with Crippen molar-refractivity contribution in [3.05, 3.63) is 35.9 Å². The third-order valence-corrected chi connectivity index (χ3v) is 4.56. The smallest absolute Gasteiger partial charge is 0.249 e. The topological polar surface area (TPSA) is 42.8 Å². The van der Waals surface area contributed by atoms with Gasteiger partial charge in [-0.15, -0.1) is 0 Å². The van der Waals surface area contributed by atoms with Gasteiger partial charge in [-0.05, 0) is 12.8 Å². The summed E-state index contributed by atoms with van der Waals surface area (Å²) in [6, 6.07) is 11.0. The first-order chi connectivity index (χ1) is 10.3. The van der Waals surface area contributed by atoms with Crippen LogP contribution >= 0.6 is 0 Å². The fraction of sp³-hybridized carbons (Fsp3) is 0.588. The summed E-state index contributed by atoms with van der Waals surface area (Å²) in [6.07, 6.45) is 3.84. The van der Waals surface area contributed by atoms with E-state index in [0.29, 0.717) is 6.04 Å². The van der Waals surface area contributed by atoms with Gasteiger partial charge in [0.2, 0.25) is 5.91 Å². The predicted molar refractivity (Wildman–Crippen MR) is 81.0 cm³/mol. The van der Waals surface area contributed by atoms with Crippen LogP contribution in [0.25, 0.3) is 0 Å². The van der Waals surface area contributed by atoms with Gasteiger partial charge in [0.15, 0.2) is 0 Å². The lowest BCUT2D eigenvalue weighted by atomic mass is 10.0. The molecule has 4 nitrogen and oxygen atoms in total. The molecule has 2 saturated heterocycles. The molecule has 1 aromatic rings. The van der Waals surface area contributed by atoms with E-state index >= 15 is 0 Å². The number of ether oxygens (including phenoxy) is 1. The Balaban J connectivity index is 1.41. The minimum atomic E-state index is -0.195. The normalized spacial score (nSPS) is 29.2. The number of likely N-dealkylation sites (tertiary alicyclic amines) is 1. The summed E-state index contributed by atoms with van der Waals surface area (Å²) in [5.74, 6) is 0.101. The molecule has 21 heavy (non-hydrogen) atoms. The van der Waals surface area contributed by atoms with Crippen LogP contribution < -0.4 is 10.2 Å². The zero-order valence-corrected chi connectivity index (χ0v) is 12.5. The monoisotopic (exact) mass is 289 g/mol. The fourth-order valence-corrected chi connectivity index (χ4v) is 3.31. The van der Waals surface area contributed by atoms with Crippen LogP contribution in [0, 0.1) is 0 Å². The van der Waals surface area contributed by atoms with Gasteiger partial charge in [-0.3, -0.25) is 4.79 Å². The highest BCUT2D eigenvalue weighted by atomic mass is 16.5. The van der Waals surface area contributed by atoms with Gasteiger partial charge in [0.1, 0.15) is 12.6 Å². The van der Waals surface area contributed by atoms with Gasteiger partial charge in [0.05, 0.1) is 13.1 Å². The van der Waals surface area contributed by atoms with Crippen LogP contribution in [0.5, 0.6) is 0 Å². The second-order valence-corrected chi connectivity index (χ2v) is 6.20. The van der Waals surface area contributed by atoms with Gasteiger partial charge in [0.25, 0.3) is 0 Å². The summed E-state index contributed by atoms with van der Waals surface area (Å²) in [5.41, 5.74) is 1.40. The van der Waals surface area contributed by atoms with Gasteiger partial charge in [0, 0.05) is 31.1 Å². The highest BCUT2D eigenvalue weighted by Gasteiger charge is 2.28. The molecule has 0 unspecified atom stereocenters. The number of quaternary nitrogens is 1. The van der Waals surface area contributed by atoms with E-state index in [2.05, 4.69) is 35.6 Å². The molecular weight excluding hydrogens is 264 g/mol. The molecule has 2 aliphatic rings. The third kappa shape index (κ3) is 4.05. The minimum absolute atomic E-state index is 0.101. The van der Waals surface area contributed by atoms with Crippen molar-refractivity contribution in [2.24, 2.45) is 0 Å². The quantitative estimate of drug-likeness (QED) is 0.849. The van der Waals surface area contributed by atoms with E-state index in [-0.39, 0.29) is 12.0 Å². The molecule has 0 spiro atoms. The molecule has 2 N–H and O–H groups in total. The standard InChI is InChI=1S/C17H24N2O2/c20-17(16-7-4-12-21-16)18-15-8-10-19(11-9-15)13-14-5-2-1-3-6-14/h1-3,5-6,15-16H,4,7-13H2,(H,18,20)/p+1/t16-/m1/s1. The molecule has 0 aliphatic carbocycles. The van der Waals surface area contributed by atoms with Gasteiger partial charge in [-0.1, -0.05) is 30.3 Å². The lowest BCUT2D eigenvalue weighted by Crippen LogP contribution is -3.12. The summed E-state index contributed by atoms with van der Waals surface area (Å²) < 4.78 is 5.44. The van der Waals surface area contributed by atoms with Crippen molar-refractivity contribution >= 4 is 5.91 Å². The zero-order chi connectivity index (χ0) is 14.5. The predicted octanol–water partition coefficient (Wildman–Crippen LogP) is 0.529. The molecule has 2 fully saturated rings. The summed E-state index contributed by atoms with van der Waals surface area (Å²) >= 11 is 0. The molecule has 0 aromatic heterocycles. The lowest BCUT2D eigenvalue weighted by Gasteiger charge is -2.30. The Kier molecular flexibility index (Phi) is 4.88. The van der Waals surface area contributed by atoms with Crippen LogP contribution in [0.15, 0.2) is 30.3 Å². The number of nitrogens with one attached hydrogen (secondary N) is 2. The summed E-state index contributed by atoms with van der Waals surface area (Å²) in [7, 11) is 0. The van der Waals surface area contributed by atoms with E-state index in [1.54, 1.807) is 4.90 Å². The van der Waals surface area contributed by atoms with Gasteiger partial charge < -0.3 is 15.0 Å². The van der Waals surface area contributed by atoms with Crippen molar-refractivity contribution in [2.45, 2.75) is 44.4 Å². The number of rotatable bonds is 4. The largest absolute Gasteiger partial charge is 0.368 e. The van der Waals surface area contributed by atoms with E-state index in [1.165, 1.54) is 5.56 Å². The highest BCUT2D eigenvalue weighted by molar-refractivity contribution is 5.81. The first-order valence-corrected chi connectivity index (χ1v) is 8.11. The van der Waals surface area contributed by atoms with E-state index in [1.807, 2.05) is 0 Å². The van der Waals surface area contributed by atoms with Crippen LogP contribution in [-0.4, -0.2) is 37.7 Å². The average molecular weight is 289 g/mol. The number of hydrogen-bond donors (Lipinski definition) is 2. The maximum Gasteiger partial charge on any atom is 0.249 e. The second kappa shape index (κ2) is 7.05. The SMILES string of the molecule is O=C(NC1CC[NH+](Cc2ccccc2)CC1)[C@H]1CCCO1. The molecule has 0 radical (unpaired) electrons. The van der Waals surface area contributed by atoms with Crippen molar-refractivity contribution in [1.82, 2.24) is 5.32 Å². The molecular formula is C17H25N2O2+. The van der Waals surface area contributed by atoms with Gasteiger partial charge in [-0.2, -0.15) is 0 Å².